The number of para-hydroxylation sites is 1. The molecule has 4 heteroatoms. The van der Waals surface area contributed by atoms with Gasteiger partial charge in [0.05, 0.1) is 11.1 Å². The normalized spacial score (nSPS) is 9.53. The van der Waals surface area contributed by atoms with Crippen LogP contribution in [0.2, 0.25) is 0 Å². The summed E-state index contributed by atoms with van der Waals surface area (Å²) >= 11 is 0. The molecule has 1 amide bonds. The van der Waals surface area contributed by atoms with E-state index in [1.807, 2.05) is 12.1 Å². The number of hydrogen-bond acceptors (Lipinski definition) is 3. The molecule has 2 aromatic rings. The summed E-state index contributed by atoms with van der Waals surface area (Å²) in [6, 6.07) is 8.93. The Balaban J connectivity index is 2.62. The number of pyridine rings is 1. The van der Waals surface area contributed by atoms with Crippen molar-refractivity contribution in [1.29, 1.82) is 5.26 Å². The minimum atomic E-state index is -0.429. The van der Waals surface area contributed by atoms with Gasteiger partial charge in [0, 0.05) is 11.6 Å². The van der Waals surface area contributed by atoms with Crippen molar-refractivity contribution in [2.24, 2.45) is 0 Å². The van der Waals surface area contributed by atoms with Crippen molar-refractivity contribution in [3.8, 4) is 6.19 Å². The van der Waals surface area contributed by atoms with E-state index < -0.39 is 5.91 Å². The Hall–Kier alpha value is -2.41. The molecule has 1 aromatic carbocycles. The number of rotatable bonds is 1. The number of nitrogens with one attached hydrogen (secondary N) is 1. The van der Waals surface area contributed by atoms with Crippen molar-refractivity contribution in [3.05, 3.63) is 42.1 Å². The molecule has 15 heavy (non-hydrogen) atoms. The van der Waals surface area contributed by atoms with Gasteiger partial charge in [0.25, 0.3) is 5.91 Å². The number of fused-ring (bicyclic) bond motifs is 1. The molecule has 0 aliphatic carbocycles. The first-order chi connectivity index (χ1) is 7.33. The van der Waals surface area contributed by atoms with E-state index in [9.17, 15) is 4.79 Å². The minimum absolute atomic E-state index is 0.412. The Morgan fingerprint density at radius 2 is 2.13 bits per heavy atom. The number of carbonyl (C=O) groups is 1. The van der Waals surface area contributed by atoms with E-state index in [0.717, 1.165) is 5.39 Å². The first kappa shape index (κ1) is 9.16. The van der Waals surface area contributed by atoms with Gasteiger partial charge in [0.2, 0.25) is 0 Å². The van der Waals surface area contributed by atoms with Crippen LogP contribution in [0, 0.1) is 11.5 Å². The van der Waals surface area contributed by atoms with Crippen molar-refractivity contribution in [2.75, 3.05) is 0 Å². The van der Waals surface area contributed by atoms with Gasteiger partial charge in [-0.15, -0.1) is 0 Å². The van der Waals surface area contributed by atoms with Gasteiger partial charge in [0.15, 0.2) is 6.19 Å². The van der Waals surface area contributed by atoms with Crippen molar-refractivity contribution >= 4 is 16.8 Å². The molecule has 0 aliphatic heterocycles. The molecule has 1 aromatic heterocycles. The number of nitrogens with zero attached hydrogens (tertiary/aromatic N) is 2. The molecule has 0 spiro atoms. The molecule has 0 fully saturated rings. The molecule has 0 unspecified atom stereocenters. The average molecular weight is 197 g/mol. The molecule has 72 valence electrons. The van der Waals surface area contributed by atoms with E-state index in [1.165, 1.54) is 0 Å². The molecule has 2 rings (SSSR count). The monoisotopic (exact) mass is 197 g/mol. The summed E-state index contributed by atoms with van der Waals surface area (Å²) in [6.07, 6.45) is 3.22. The van der Waals surface area contributed by atoms with Crippen LogP contribution in [0.4, 0.5) is 0 Å². The maximum absolute atomic E-state index is 11.5. The number of nitriles is 1. The predicted molar refractivity (Wildman–Crippen MR) is 54.8 cm³/mol. The fourth-order valence-electron chi connectivity index (χ4n) is 1.41. The SMILES string of the molecule is N#CNC(=O)c1cccc2cccnc12. The third-order valence-corrected chi connectivity index (χ3v) is 2.05. The number of amides is 1. The van der Waals surface area contributed by atoms with Crippen molar-refractivity contribution < 1.29 is 4.79 Å². The lowest BCUT2D eigenvalue weighted by Crippen LogP contribution is -2.17. The number of aromatic nitrogens is 1. The largest absolute Gasteiger partial charge is 0.268 e. The van der Waals surface area contributed by atoms with Crippen LogP contribution in [0.3, 0.4) is 0 Å². The molecule has 1 N–H and O–H groups in total. The van der Waals surface area contributed by atoms with Crippen molar-refractivity contribution in [1.82, 2.24) is 10.3 Å². The summed E-state index contributed by atoms with van der Waals surface area (Å²) in [5, 5.41) is 11.3. The van der Waals surface area contributed by atoms with Gasteiger partial charge < -0.3 is 0 Å². The molecule has 0 atom stereocenters. The van der Waals surface area contributed by atoms with E-state index in [1.54, 1.807) is 30.6 Å². The highest BCUT2D eigenvalue weighted by atomic mass is 16.1. The zero-order valence-corrected chi connectivity index (χ0v) is 7.77. The molecular formula is C11H7N3O. The summed E-state index contributed by atoms with van der Waals surface area (Å²) in [5.41, 5.74) is 1.02. The number of benzene rings is 1. The Kier molecular flexibility index (Phi) is 2.30. The summed E-state index contributed by atoms with van der Waals surface area (Å²) in [5.74, 6) is -0.429. The van der Waals surface area contributed by atoms with Gasteiger partial charge in [-0.1, -0.05) is 18.2 Å². The lowest BCUT2D eigenvalue weighted by atomic mass is 10.1. The van der Waals surface area contributed by atoms with E-state index >= 15 is 0 Å². The van der Waals surface area contributed by atoms with E-state index in [-0.39, 0.29) is 0 Å². The summed E-state index contributed by atoms with van der Waals surface area (Å²) in [4.78, 5) is 15.6. The molecular weight excluding hydrogens is 190 g/mol. The zero-order valence-electron chi connectivity index (χ0n) is 7.77. The van der Waals surface area contributed by atoms with E-state index in [4.69, 9.17) is 5.26 Å². The molecule has 0 saturated carbocycles. The van der Waals surface area contributed by atoms with Crippen molar-refractivity contribution in [3.63, 3.8) is 0 Å². The van der Waals surface area contributed by atoms with E-state index in [0.29, 0.717) is 11.1 Å². The van der Waals surface area contributed by atoms with Crippen LogP contribution in [-0.4, -0.2) is 10.9 Å². The van der Waals surface area contributed by atoms with Crippen LogP contribution in [0.5, 0.6) is 0 Å². The Morgan fingerprint density at radius 3 is 2.93 bits per heavy atom. The Morgan fingerprint density at radius 1 is 1.33 bits per heavy atom. The van der Waals surface area contributed by atoms with Crippen LogP contribution >= 0.6 is 0 Å². The maximum atomic E-state index is 11.5. The topological polar surface area (TPSA) is 65.8 Å². The van der Waals surface area contributed by atoms with E-state index in [2.05, 4.69) is 10.3 Å². The smallest absolute Gasteiger partial charge is 0.266 e. The summed E-state index contributed by atoms with van der Waals surface area (Å²) in [6.45, 7) is 0. The molecule has 0 saturated heterocycles. The summed E-state index contributed by atoms with van der Waals surface area (Å²) < 4.78 is 0. The van der Waals surface area contributed by atoms with Crippen LogP contribution < -0.4 is 5.32 Å². The second-order valence-electron chi connectivity index (χ2n) is 2.95. The highest BCUT2D eigenvalue weighted by molar-refractivity contribution is 6.05. The molecule has 1 heterocycles. The van der Waals surface area contributed by atoms with Gasteiger partial charge in [-0.05, 0) is 12.1 Å². The third-order valence-electron chi connectivity index (χ3n) is 2.05. The van der Waals surface area contributed by atoms with Crippen LogP contribution in [0.15, 0.2) is 36.5 Å². The molecule has 4 nitrogen and oxygen atoms in total. The fourth-order valence-corrected chi connectivity index (χ4v) is 1.41. The lowest BCUT2D eigenvalue weighted by Gasteiger charge is -2.02. The second-order valence-corrected chi connectivity index (χ2v) is 2.95. The van der Waals surface area contributed by atoms with Gasteiger partial charge in [-0.2, -0.15) is 5.26 Å². The third kappa shape index (κ3) is 1.63. The average Bonchev–Trinajstić information content (AvgIpc) is 2.28. The first-order valence-corrected chi connectivity index (χ1v) is 4.36. The standard InChI is InChI=1S/C11H7N3O/c12-7-14-11(15)9-5-1-3-8-4-2-6-13-10(8)9/h1-6H,(H,14,15). The van der Waals surface area contributed by atoms with Gasteiger partial charge in [0.1, 0.15) is 0 Å². The van der Waals surface area contributed by atoms with Gasteiger partial charge in [-0.3, -0.25) is 15.1 Å². The van der Waals surface area contributed by atoms with Gasteiger partial charge in [-0.25, -0.2) is 0 Å². The number of carbonyl (C=O) groups excluding carboxylic acids is 1. The number of hydrogen-bond donors (Lipinski definition) is 1. The fraction of sp³-hybridized carbons (Fsp3) is 0. The zero-order chi connectivity index (χ0) is 10.7. The second kappa shape index (κ2) is 3.76. The Bertz CT molecular complexity index is 552. The first-order valence-electron chi connectivity index (χ1n) is 4.36. The highest BCUT2D eigenvalue weighted by Crippen LogP contribution is 2.15. The lowest BCUT2D eigenvalue weighted by molar-refractivity contribution is 0.0974. The van der Waals surface area contributed by atoms with Crippen LogP contribution in [-0.2, 0) is 0 Å². The van der Waals surface area contributed by atoms with Crippen LogP contribution in [0.25, 0.3) is 10.9 Å². The summed E-state index contributed by atoms with van der Waals surface area (Å²) in [7, 11) is 0. The Labute approximate surface area is 86.2 Å². The quantitative estimate of drug-likeness (QED) is 0.555. The van der Waals surface area contributed by atoms with Gasteiger partial charge >= 0.3 is 0 Å². The molecule has 0 bridgehead atoms. The predicted octanol–water partition coefficient (Wildman–Crippen LogP) is 1.45. The highest BCUT2D eigenvalue weighted by Gasteiger charge is 2.09. The minimum Gasteiger partial charge on any atom is -0.268 e. The molecule has 0 aliphatic rings. The maximum Gasteiger partial charge on any atom is 0.266 e. The van der Waals surface area contributed by atoms with Crippen molar-refractivity contribution in [2.45, 2.75) is 0 Å². The van der Waals surface area contributed by atoms with Crippen LogP contribution in [0.1, 0.15) is 10.4 Å². The molecule has 0 radical (unpaired) electrons.